The molecule has 0 saturated carbocycles. The molecule has 1 heterocycles. The highest BCUT2D eigenvalue weighted by atomic mass is 16.2. The Morgan fingerprint density at radius 3 is 2.62 bits per heavy atom. The lowest BCUT2D eigenvalue weighted by atomic mass is 10.3. The second-order valence-electron chi connectivity index (χ2n) is 5.45. The van der Waals surface area contributed by atoms with Crippen LogP contribution in [0.4, 0.5) is 5.82 Å². The Kier molecular flexibility index (Phi) is 7.68. The molecule has 118 valence electrons. The molecule has 6 heteroatoms. The molecule has 0 spiro atoms. The first-order valence-corrected chi connectivity index (χ1v) is 7.50. The fourth-order valence-electron chi connectivity index (χ4n) is 1.88. The summed E-state index contributed by atoms with van der Waals surface area (Å²) in [6.07, 6.45) is 4.54. The van der Waals surface area contributed by atoms with Crippen LogP contribution in [0.5, 0.6) is 0 Å². The van der Waals surface area contributed by atoms with Crippen molar-refractivity contribution in [2.45, 2.75) is 26.2 Å². The predicted molar refractivity (Wildman–Crippen MR) is 85.6 cm³/mol. The summed E-state index contributed by atoms with van der Waals surface area (Å²) in [5, 5.41) is 3.23. The number of anilines is 1. The summed E-state index contributed by atoms with van der Waals surface area (Å²) in [6.45, 7) is 4.71. The average Bonchev–Trinajstić information content (AvgIpc) is 2.48. The van der Waals surface area contributed by atoms with E-state index in [1.807, 2.05) is 21.1 Å². The fourth-order valence-corrected chi connectivity index (χ4v) is 1.88. The Balaban J connectivity index is 2.53. The van der Waals surface area contributed by atoms with Crippen LogP contribution in [-0.2, 0) is 0 Å². The van der Waals surface area contributed by atoms with E-state index in [0.29, 0.717) is 11.5 Å². The van der Waals surface area contributed by atoms with E-state index in [9.17, 15) is 4.79 Å². The largest absolute Gasteiger partial charge is 0.370 e. The van der Waals surface area contributed by atoms with Gasteiger partial charge in [-0.25, -0.2) is 9.97 Å². The van der Waals surface area contributed by atoms with E-state index >= 15 is 0 Å². The first kappa shape index (κ1) is 17.4. The maximum atomic E-state index is 12.2. The van der Waals surface area contributed by atoms with Crippen LogP contribution < -0.4 is 5.32 Å². The molecule has 0 aliphatic carbocycles. The van der Waals surface area contributed by atoms with Crippen LogP contribution in [0.3, 0.4) is 0 Å². The number of hydrogen-bond donors (Lipinski definition) is 1. The molecule has 1 aromatic heterocycles. The Morgan fingerprint density at radius 1 is 1.19 bits per heavy atom. The maximum Gasteiger partial charge on any atom is 0.272 e. The van der Waals surface area contributed by atoms with Crippen LogP contribution in [0.2, 0.25) is 0 Å². The number of rotatable bonds is 9. The Morgan fingerprint density at radius 2 is 1.95 bits per heavy atom. The standard InChI is InChI=1S/C15H27N5O/c1-5-6-10-20(4)15(21)13-11-14(18-12-17-13)16-8-7-9-19(2)3/h11-12H,5-10H2,1-4H3,(H,16,17,18). The lowest BCUT2D eigenvalue weighted by molar-refractivity contribution is 0.0787. The summed E-state index contributed by atoms with van der Waals surface area (Å²) in [7, 11) is 5.91. The molecule has 0 aliphatic rings. The predicted octanol–water partition coefficient (Wildman–Crippen LogP) is 1.71. The smallest absolute Gasteiger partial charge is 0.272 e. The van der Waals surface area contributed by atoms with Gasteiger partial charge in [0, 0.05) is 26.2 Å². The van der Waals surface area contributed by atoms with Crippen molar-refractivity contribution >= 4 is 11.7 Å². The first-order chi connectivity index (χ1) is 10.0. The molecule has 6 nitrogen and oxygen atoms in total. The lowest BCUT2D eigenvalue weighted by Crippen LogP contribution is -2.28. The van der Waals surface area contributed by atoms with Gasteiger partial charge in [0.1, 0.15) is 17.8 Å². The van der Waals surface area contributed by atoms with Crippen LogP contribution in [0.1, 0.15) is 36.7 Å². The van der Waals surface area contributed by atoms with Crippen LogP contribution in [0, 0.1) is 0 Å². The topological polar surface area (TPSA) is 61.4 Å². The Hall–Kier alpha value is -1.69. The number of carbonyl (C=O) groups is 1. The van der Waals surface area contributed by atoms with Gasteiger partial charge in [-0.2, -0.15) is 0 Å². The molecular formula is C15H27N5O. The van der Waals surface area contributed by atoms with E-state index in [1.54, 1.807) is 11.0 Å². The van der Waals surface area contributed by atoms with Gasteiger partial charge in [-0.15, -0.1) is 0 Å². The second-order valence-corrected chi connectivity index (χ2v) is 5.45. The molecule has 1 amide bonds. The first-order valence-electron chi connectivity index (χ1n) is 7.50. The normalized spacial score (nSPS) is 10.7. The van der Waals surface area contributed by atoms with E-state index in [4.69, 9.17) is 0 Å². The highest BCUT2D eigenvalue weighted by molar-refractivity contribution is 5.92. The summed E-state index contributed by atoms with van der Waals surface area (Å²) >= 11 is 0. The number of nitrogens with zero attached hydrogens (tertiary/aromatic N) is 4. The number of carbonyl (C=O) groups excluding carboxylic acids is 1. The molecule has 1 N–H and O–H groups in total. The Bertz CT molecular complexity index is 436. The van der Waals surface area contributed by atoms with Gasteiger partial charge in [0.05, 0.1) is 0 Å². The molecule has 1 rings (SSSR count). The highest BCUT2D eigenvalue weighted by Gasteiger charge is 2.13. The third-order valence-electron chi connectivity index (χ3n) is 3.17. The SMILES string of the molecule is CCCCN(C)C(=O)c1cc(NCCCN(C)C)ncn1. The molecular weight excluding hydrogens is 266 g/mol. The van der Waals surface area contributed by atoms with Gasteiger partial charge in [0.15, 0.2) is 0 Å². The minimum Gasteiger partial charge on any atom is -0.370 e. The van der Waals surface area contributed by atoms with Crippen LogP contribution >= 0.6 is 0 Å². The van der Waals surface area contributed by atoms with Crippen molar-refractivity contribution in [3.05, 3.63) is 18.1 Å². The molecule has 21 heavy (non-hydrogen) atoms. The summed E-state index contributed by atoms with van der Waals surface area (Å²) in [5.41, 5.74) is 0.443. The summed E-state index contributed by atoms with van der Waals surface area (Å²) in [5.74, 6) is 0.651. The van der Waals surface area contributed by atoms with Crippen molar-refractivity contribution in [2.75, 3.05) is 46.1 Å². The van der Waals surface area contributed by atoms with E-state index in [-0.39, 0.29) is 5.91 Å². The van der Waals surface area contributed by atoms with Crippen LogP contribution in [-0.4, -0.2) is 66.5 Å². The zero-order chi connectivity index (χ0) is 15.7. The molecule has 0 fully saturated rings. The molecule has 0 radical (unpaired) electrons. The van der Waals surface area contributed by atoms with Crippen molar-refractivity contribution in [1.82, 2.24) is 19.8 Å². The fraction of sp³-hybridized carbons (Fsp3) is 0.667. The van der Waals surface area contributed by atoms with Gasteiger partial charge >= 0.3 is 0 Å². The average molecular weight is 293 g/mol. The van der Waals surface area contributed by atoms with Crippen molar-refractivity contribution in [3.63, 3.8) is 0 Å². The van der Waals surface area contributed by atoms with Crippen molar-refractivity contribution in [3.8, 4) is 0 Å². The number of unbranched alkanes of at least 4 members (excludes halogenated alkanes) is 1. The molecule has 0 bridgehead atoms. The van der Waals surface area contributed by atoms with Gasteiger partial charge < -0.3 is 15.1 Å². The molecule has 0 aromatic carbocycles. The quantitative estimate of drug-likeness (QED) is 0.702. The van der Waals surface area contributed by atoms with E-state index in [2.05, 4.69) is 27.1 Å². The zero-order valence-electron chi connectivity index (χ0n) is 13.6. The second kappa shape index (κ2) is 9.28. The number of aromatic nitrogens is 2. The zero-order valence-corrected chi connectivity index (χ0v) is 13.6. The summed E-state index contributed by atoms with van der Waals surface area (Å²) in [6, 6.07) is 1.72. The molecule has 0 unspecified atom stereocenters. The molecule has 0 saturated heterocycles. The maximum absolute atomic E-state index is 12.2. The lowest BCUT2D eigenvalue weighted by Gasteiger charge is -2.16. The molecule has 0 atom stereocenters. The van der Waals surface area contributed by atoms with E-state index < -0.39 is 0 Å². The van der Waals surface area contributed by atoms with Crippen molar-refractivity contribution in [2.24, 2.45) is 0 Å². The van der Waals surface area contributed by atoms with Crippen molar-refractivity contribution < 1.29 is 4.79 Å². The van der Waals surface area contributed by atoms with Crippen LogP contribution in [0.15, 0.2) is 12.4 Å². The monoisotopic (exact) mass is 293 g/mol. The van der Waals surface area contributed by atoms with Gasteiger partial charge in [-0.05, 0) is 33.5 Å². The number of nitrogens with one attached hydrogen (secondary N) is 1. The summed E-state index contributed by atoms with van der Waals surface area (Å²) < 4.78 is 0. The van der Waals surface area contributed by atoms with Gasteiger partial charge in [0.2, 0.25) is 0 Å². The summed E-state index contributed by atoms with van der Waals surface area (Å²) in [4.78, 5) is 24.3. The van der Waals surface area contributed by atoms with E-state index in [1.165, 1.54) is 6.33 Å². The molecule has 1 aromatic rings. The minimum absolute atomic E-state index is 0.0535. The van der Waals surface area contributed by atoms with Gasteiger partial charge in [-0.3, -0.25) is 4.79 Å². The van der Waals surface area contributed by atoms with Gasteiger partial charge in [0.25, 0.3) is 5.91 Å². The van der Waals surface area contributed by atoms with Crippen molar-refractivity contribution in [1.29, 1.82) is 0 Å². The number of amides is 1. The van der Waals surface area contributed by atoms with Gasteiger partial charge in [-0.1, -0.05) is 13.3 Å². The third-order valence-corrected chi connectivity index (χ3v) is 3.17. The van der Waals surface area contributed by atoms with E-state index in [0.717, 1.165) is 38.9 Å². The molecule has 0 aliphatic heterocycles. The minimum atomic E-state index is -0.0535. The van der Waals surface area contributed by atoms with Crippen LogP contribution in [0.25, 0.3) is 0 Å². The number of hydrogen-bond acceptors (Lipinski definition) is 5. The third kappa shape index (κ3) is 6.53. The Labute approximate surface area is 127 Å². The highest BCUT2D eigenvalue weighted by Crippen LogP contribution is 2.07.